The monoisotopic (exact) mass is 281 g/mol. The van der Waals surface area contributed by atoms with E-state index in [1.165, 1.54) is 38.8 Å². The molecule has 2 aliphatic rings. The second kappa shape index (κ2) is 5.94. The van der Waals surface area contributed by atoms with Crippen molar-refractivity contribution in [1.82, 2.24) is 9.80 Å². The van der Waals surface area contributed by atoms with Crippen LogP contribution in [0.3, 0.4) is 0 Å². The quantitative estimate of drug-likeness (QED) is 0.863. The van der Waals surface area contributed by atoms with E-state index < -0.39 is 0 Å². The van der Waals surface area contributed by atoms with Gasteiger partial charge < -0.3 is 5.73 Å². The highest BCUT2D eigenvalue weighted by Crippen LogP contribution is 2.43. The van der Waals surface area contributed by atoms with Gasteiger partial charge in [-0.05, 0) is 45.6 Å². The Morgan fingerprint density at radius 2 is 1.90 bits per heavy atom. The minimum absolute atomic E-state index is 0.255. The summed E-state index contributed by atoms with van der Waals surface area (Å²) in [5.41, 5.74) is 6.88. The zero-order valence-corrected chi connectivity index (χ0v) is 14.3. The molecule has 2 N–H and O–H groups in total. The molecule has 20 heavy (non-hydrogen) atoms. The Morgan fingerprint density at radius 3 is 2.45 bits per heavy atom. The zero-order valence-electron chi connectivity index (χ0n) is 14.3. The first-order chi connectivity index (χ1) is 9.33. The van der Waals surface area contributed by atoms with Crippen LogP contribution in [-0.4, -0.2) is 54.1 Å². The van der Waals surface area contributed by atoms with E-state index in [4.69, 9.17) is 5.73 Å². The number of hydrogen-bond acceptors (Lipinski definition) is 3. The third-order valence-corrected chi connectivity index (χ3v) is 6.17. The molecular formula is C17H35N3. The van der Waals surface area contributed by atoms with Crippen molar-refractivity contribution >= 4 is 0 Å². The molecule has 0 aromatic heterocycles. The lowest BCUT2D eigenvalue weighted by Gasteiger charge is -2.58. The predicted molar refractivity (Wildman–Crippen MR) is 86.9 cm³/mol. The van der Waals surface area contributed by atoms with E-state index in [0.29, 0.717) is 0 Å². The van der Waals surface area contributed by atoms with Crippen molar-refractivity contribution in [2.24, 2.45) is 17.6 Å². The van der Waals surface area contributed by atoms with Gasteiger partial charge in [0.2, 0.25) is 0 Å². The van der Waals surface area contributed by atoms with Gasteiger partial charge in [-0.3, -0.25) is 9.80 Å². The third-order valence-electron chi connectivity index (χ3n) is 6.17. The highest BCUT2D eigenvalue weighted by atomic mass is 15.3. The van der Waals surface area contributed by atoms with E-state index >= 15 is 0 Å². The molecule has 1 saturated carbocycles. The topological polar surface area (TPSA) is 32.5 Å². The van der Waals surface area contributed by atoms with Crippen LogP contribution in [0.5, 0.6) is 0 Å². The van der Waals surface area contributed by atoms with Gasteiger partial charge in [-0.2, -0.15) is 0 Å². The van der Waals surface area contributed by atoms with Gasteiger partial charge in [0.15, 0.2) is 0 Å². The Morgan fingerprint density at radius 1 is 1.20 bits per heavy atom. The van der Waals surface area contributed by atoms with E-state index in [-0.39, 0.29) is 11.1 Å². The van der Waals surface area contributed by atoms with E-state index in [1.807, 2.05) is 0 Å². The number of hydrogen-bond donors (Lipinski definition) is 1. The molecule has 3 nitrogen and oxygen atoms in total. The Kier molecular flexibility index (Phi) is 4.83. The van der Waals surface area contributed by atoms with Crippen molar-refractivity contribution < 1.29 is 0 Å². The summed E-state index contributed by atoms with van der Waals surface area (Å²) in [5, 5.41) is 0. The average Bonchev–Trinajstić information content (AvgIpc) is 2.41. The maximum atomic E-state index is 6.37. The van der Waals surface area contributed by atoms with Gasteiger partial charge in [-0.25, -0.2) is 0 Å². The van der Waals surface area contributed by atoms with Gasteiger partial charge in [0.25, 0.3) is 0 Å². The summed E-state index contributed by atoms with van der Waals surface area (Å²) >= 11 is 0. The molecular weight excluding hydrogens is 246 g/mol. The summed E-state index contributed by atoms with van der Waals surface area (Å²) in [5.74, 6) is 1.50. The fourth-order valence-corrected chi connectivity index (χ4v) is 4.60. The number of piperazine rings is 1. The van der Waals surface area contributed by atoms with E-state index in [9.17, 15) is 0 Å². The number of likely N-dealkylation sites (N-methyl/N-ethyl adjacent to an activating group) is 1. The van der Waals surface area contributed by atoms with E-state index in [2.05, 4.69) is 44.5 Å². The molecule has 0 aromatic rings. The summed E-state index contributed by atoms with van der Waals surface area (Å²) < 4.78 is 0. The maximum Gasteiger partial charge on any atom is 0.0363 e. The Labute approximate surface area is 125 Å². The molecule has 1 aliphatic carbocycles. The van der Waals surface area contributed by atoms with Crippen molar-refractivity contribution in [2.45, 2.75) is 64.5 Å². The fourth-order valence-electron chi connectivity index (χ4n) is 4.60. The molecule has 1 saturated heterocycles. The molecule has 1 aliphatic heterocycles. The van der Waals surface area contributed by atoms with Crippen LogP contribution in [0.25, 0.3) is 0 Å². The molecule has 2 unspecified atom stereocenters. The SMILES string of the molecule is CC(C)C1CCCCC1(CN)N1CCN(C)C(C)(C)C1. The maximum absolute atomic E-state index is 6.37. The molecule has 0 bridgehead atoms. The second-order valence-electron chi connectivity index (χ2n) is 8.06. The summed E-state index contributed by atoms with van der Waals surface area (Å²) in [7, 11) is 2.26. The van der Waals surface area contributed by atoms with Crippen LogP contribution in [0, 0.1) is 11.8 Å². The van der Waals surface area contributed by atoms with Crippen LogP contribution in [-0.2, 0) is 0 Å². The van der Waals surface area contributed by atoms with E-state index in [0.717, 1.165) is 24.9 Å². The standard InChI is InChI=1S/C17H35N3/c1-14(2)15-8-6-7-9-17(15,12-18)20-11-10-19(5)16(3,4)13-20/h14-15H,6-13,18H2,1-5H3. The van der Waals surface area contributed by atoms with Crippen LogP contribution in [0.2, 0.25) is 0 Å². The van der Waals surface area contributed by atoms with Crippen LogP contribution in [0.1, 0.15) is 53.4 Å². The van der Waals surface area contributed by atoms with Crippen molar-refractivity contribution in [3.05, 3.63) is 0 Å². The molecule has 0 aromatic carbocycles. The smallest absolute Gasteiger partial charge is 0.0363 e. The van der Waals surface area contributed by atoms with Gasteiger partial charge in [0.05, 0.1) is 0 Å². The summed E-state index contributed by atoms with van der Waals surface area (Å²) in [6.07, 6.45) is 5.41. The van der Waals surface area contributed by atoms with Crippen molar-refractivity contribution in [3.8, 4) is 0 Å². The third kappa shape index (κ3) is 2.77. The molecule has 1 heterocycles. The zero-order chi connectivity index (χ0) is 15.0. The van der Waals surface area contributed by atoms with Crippen LogP contribution < -0.4 is 5.73 Å². The molecule has 2 fully saturated rings. The molecule has 3 heteroatoms. The average molecular weight is 281 g/mol. The lowest BCUT2D eigenvalue weighted by Crippen LogP contribution is -2.69. The molecule has 0 amide bonds. The number of nitrogens with two attached hydrogens (primary N) is 1. The summed E-state index contributed by atoms with van der Waals surface area (Å²) in [6, 6.07) is 0. The first-order valence-electron chi connectivity index (χ1n) is 8.50. The second-order valence-corrected chi connectivity index (χ2v) is 8.06. The number of nitrogens with zero attached hydrogens (tertiary/aromatic N) is 2. The van der Waals surface area contributed by atoms with Crippen molar-refractivity contribution in [2.75, 3.05) is 33.2 Å². The summed E-state index contributed by atoms with van der Waals surface area (Å²) in [6.45, 7) is 13.9. The Hall–Kier alpha value is -0.120. The largest absolute Gasteiger partial charge is 0.329 e. The molecule has 0 radical (unpaired) electrons. The fraction of sp³-hybridized carbons (Fsp3) is 1.00. The van der Waals surface area contributed by atoms with Crippen molar-refractivity contribution in [1.29, 1.82) is 0 Å². The Bertz CT molecular complexity index is 326. The molecule has 118 valence electrons. The van der Waals surface area contributed by atoms with Gasteiger partial charge in [0, 0.05) is 37.3 Å². The van der Waals surface area contributed by atoms with Crippen LogP contribution in [0.15, 0.2) is 0 Å². The molecule has 2 atom stereocenters. The highest BCUT2D eigenvalue weighted by molar-refractivity contribution is 5.04. The normalized spacial score (nSPS) is 36.5. The van der Waals surface area contributed by atoms with Gasteiger partial charge in [-0.1, -0.05) is 26.7 Å². The Balaban J connectivity index is 2.25. The number of rotatable bonds is 3. The van der Waals surface area contributed by atoms with Gasteiger partial charge in [-0.15, -0.1) is 0 Å². The minimum Gasteiger partial charge on any atom is -0.329 e. The molecule has 0 spiro atoms. The van der Waals surface area contributed by atoms with Crippen molar-refractivity contribution in [3.63, 3.8) is 0 Å². The van der Waals surface area contributed by atoms with E-state index in [1.54, 1.807) is 0 Å². The minimum atomic E-state index is 0.255. The van der Waals surface area contributed by atoms with Crippen LogP contribution >= 0.6 is 0 Å². The predicted octanol–water partition coefficient (Wildman–Crippen LogP) is 2.56. The van der Waals surface area contributed by atoms with Gasteiger partial charge in [0.1, 0.15) is 0 Å². The lowest BCUT2D eigenvalue weighted by molar-refractivity contribution is -0.0724. The molecule has 2 rings (SSSR count). The lowest BCUT2D eigenvalue weighted by atomic mass is 9.66. The van der Waals surface area contributed by atoms with Gasteiger partial charge >= 0.3 is 0 Å². The first-order valence-corrected chi connectivity index (χ1v) is 8.50. The first kappa shape index (κ1) is 16.3. The van der Waals surface area contributed by atoms with Crippen LogP contribution in [0.4, 0.5) is 0 Å². The summed E-state index contributed by atoms with van der Waals surface area (Å²) in [4.78, 5) is 5.26. The highest BCUT2D eigenvalue weighted by Gasteiger charge is 2.48.